The molecular formula is C33H39N5O2. The van der Waals surface area contributed by atoms with Crippen LogP contribution < -0.4 is 16.0 Å². The highest BCUT2D eigenvalue weighted by Crippen LogP contribution is 2.21. The molecule has 0 saturated heterocycles. The zero-order chi connectivity index (χ0) is 28.1. The average molecular weight is 538 g/mol. The van der Waals surface area contributed by atoms with E-state index in [0.717, 1.165) is 47.6 Å². The number of amides is 2. The van der Waals surface area contributed by atoms with E-state index in [1.165, 1.54) is 16.7 Å². The highest BCUT2D eigenvalue weighted by Gasteiger charge is 2.22. The zero-order valence-electron chi connectivity index (χ0n) is 23.5. The van der Waals surface area contributed by atoms with E-state index < -0.39 is 6.10 Å². The van der Waals surface area contributed by atoms with Crippen molar-refractivity contribution in [2.24, 2.45) is 0 Å². The standard InChI is InChI=1S/C33H39N5O2/c1-22(34-21-31(39)29-13-14-32(35-20-29)38-23(2)11-12-24(38)3)15-25-7-6-8-26(16-25)19-36-33(40)37-30-17-27-9-4-5-10-28(27)18-30/h4-14,16,20,22,30-31,34,39H,15,17-19,21H2,1-3H3,(H2,36,37,40)/t22-,31+/m1/s1. The molecule has 2 atom stereocenters. The van der Waals surface area contributed by atoms with Crippen LogP contribution in [-0.2, 0) is 25.8 Å². The van der Waals surface area contributed by atoms with Crippen molar-refractivity contribution in [3.8, 4) is 5.82 Å². The molecule has 0 unspecified atom stereocenters. The third-order valence-electron chi connectivity index (χ3n) is 7.69. The number of nitrogens with one attached hydrogen (secondary N) is 3. The molecule has 2 heterocycles. The molecule has 0 fully saturated rings. The second-order valence-electron chi connectivity index (χ2n) is 11.0. The number of aliphatic hydroxyl groups is 1. The van der Waals surface area contributed by atoms with Crippen LogP contribution in [0.2, 0.25) is 0 Å². The van der Waals surface area contributed by atoms with E-state index in [9.17, 15) is 9.90 Å². The minimum atomic E-state index is -0.641. The molecule has 2 amide bonds. The fourth-order valence-electron chi connectivity index (χ4n) is 5.56. The molecule has 0 spiro atoms. The van der Waals surface area contributed by atoms with Crippen molar-refractivity contribution in [2.75, 3.05) is 6.54 Å². The van der Waals surface area contributed by atoms with Crippen molar-refractivity contribution in [1.29, 1.82) is 0 Å². The minimum absolute atomic E-state index is 0.131. The molecule has 40 heavy (non-hydrogen) atoms. The van der Waals surface area contributed by atoms with E-state index >= 15 is 0 Å². The van der Waals surface area contributed by atoms with E-state index in [0.29, 0.717) is 13.1 Å². The van der Waals surface area contributed by atoms with Gasteiger partial charge in [0.05, 0.1) is 6.10 Å². The van der Waals surface area contributed by atoms with Gasteiger partial charge < -0.3 is 25.6 Å². The molecule has 0 bridgehead atoms. The third-order valence-corrected chi connectivity index (χ3v) is 7.69. The number of urea groups is 1. The summed E-state index contributed by atoms with van der Waals surface area (Å²) in [6, 6.07) is 24.9. The van der Waals surface area contributed by atoms with Gasteiger partial charge in [-0.2, -0.15) is 0 Å². The van der Waals surface area contributed by atoms with E-state index in [1.807, 2.05) is 24.3 Å². The number of nitrogens with zero attached hydrogens (tertiary/aromatic N) is 2. The van der Waals surface area contributed by atoms with Crippen molar-refractivity contribution in [3.05, 3.63) is 118 Å². The number of benzene rings is 2. The van der Waals surface area contributed by atoms with Gasteiger partial charge in [-0.1, -0.05) is 54.6 Å². The first kappa shape index (κ1) is 27.6. The van der Waals surface area contributed by atoms with E-state index in [1.54, 1.807) is 6.20 Å². The minimum Gasteiger partial charge on any atom is -0.387 e. The number of hydrogen-bond donors (Lipinski definition) is 4. The molecule has 0 saturated carbocycles. The van der Waals surface area contributed by atoms with Crippen molar-refractivity contribution in [3.63, 3.8) is 0 Å². The second-order valence-corrected chi connectivity index (χ2v) is 11.0. The van der Waals surface area contributed by atoms with E-state index in [2.05, 4.69) is 94.8 Å². The Hall–Kier alpha value is -3.94. The number of aliphatic hydroxyl groups excluding tert-OH is 1. The van der Waals surface area contributed by atoms with E-state index in [4.69, 9.17) is 0 Å². The van der Waals surface area contributed by atoms with E-state index in [-0.39, 0.29) is 18.1 Å². The molecule has 0 aliphatic heterocycles. The lowest BCUT2D eigenvalue weighted by molar-refractivity contribution is 0.170. The molecule has 208 valence electrons. The van der Waals surface area contributed by atoms with Gasteiger partial charge in [0.15, 0.2) is 0 Å². The lowest BCUT2D eigenvalue weighted by Gasteiger charge is -2.18. The predicted molar refractivity (Wildman–Crippen MR) is 159 cm³/mol. The second kappa shape index (κ2) is 12.5. The maximum absolute atomic E-state index is 12.5. The van der Waals surface area contributed by atoms with Crippen molar-refractivity contribution in [1.82, 2.24) is 25.5 Å². The summed E-state index contributed by atoms with van der Waals surface area (Å²) in [4.78, 5) is 17.1. The molecule has 1 aliphatic carbocycles. The Kier molecular flexibility index (Phi) is 8.63. The van der Waals surface area contributed by atoms with Crippen LogP contribution in [0.4, 0.5) is 4.79 Å². The number of aryl methyl sites for hydroxylation is 2. The predicted octanol–water partition coefficient (Wildman–Crippen LogP) is 4.71. The third kappa shape index (κ3) is 6.79. The average Bonchev–Trinajstić information content (AvgIpc) is 3.52. The van der Waals surface area contributed by atoms with Crippen LogP contribution in [-0.4, -0.2) is 39.3 Å². The molecule has 4 N–H and O–H groups in total. The van der Waals surface area contributed by atoms with Gasteiger partial charge in [-0.25, -0.2) is 9.78 Å². The summed E-state index contributed by atoms with van der Waals surface area (Å²) in [7, 11) is 0. The maximum Gasteiger partial charge on any atom is 0.315 e. The molecule has 7 nitrogen and oxygen atoms in total. The van der Waals surface area contributed by atoms with Gasteiger partial charge in [0.1, 0.15) is 5.82 Å². The molecule has 0 radical (unpaired) electrons. The van der Waals surface area contributed by atoms with Crippen LogP contribution in [0, 0.1) is 13.8 Å². The fourth-order valence-corrected chi connectivity index (χ4v) is 5.56. The molecule has 4 aromatic rings. The Morgan fingerprint density at radius 3 is 2.35 bits per heavy atom. The largest absolute Gasteiger partial charge is 0.387 e. The lowest BCUT2D eigenvalue weighted by atomic mass is 10.0. The Morgan fingerprint density at radius 1 is 0.975 bits per heavy atom. The normalized spacial score (nSPS) is 14.5. The first-order valence-electron chi connectivity index (χ1n) is 14.1. The van der Waals surface area contributed by atoms with Crippen LogP contribution in [0.3, 0.4) is 0 Å². The van der Waals surface area contributed by atoms with Gasteiger partial charge in [-0.15, -0.1) is 0 Å². The number of hydrogen-bond acceptors (Lipinski definition) is 4. The Bertz CT molecular complexity index is 1400. The number of pyridine rings is 1. The summed E-state index contributed by atoms with van der Waals surface area (Å²) in [6.07, 6.45) is 3.69. The highest BCUT2D eigenvalue weighted by molar-refractivity contribution is 5.74. The smallest absolute Gasteiger partial charge is 0.315 e. The number of aromatic nitrogens is 2. The van der Waals surface area contributed by atoms with Gasteiger partial charge in [0.2, 0.25) is 0 Å². The lowest BCUT2D eigenvalue weighted by Crippen LogP contribution is -2.42. The summed E-state index contributed by atoms with van der Waals surface area (Å²) < 4.78 is 2.10. The first-order valence-corrected chi connectivity index (χ1v) is 14.1. The molecule has 7 heteroatoms. The summed E-state index contributed by atoms with van der Waals surface area (Å²) in [5, 5.41) is 20.3. The zero-order valence-corrected chi connectivity index (χ0v) is 23.5. The number of rotatable bonds is 10. The SMILES string of the molecule is Cc1ccc(C)n1-c1ccc([C@@H](O)CN[C@H](C)Cc2cccc(CNC(=O)NC3Cc4ccccc4C3)c2)cn1. The maximum atomic E-state index is 12.5. The summed E-state index contributed by atoms with van der Waals surface area (Å²) in [5.41, 5.74) is 7.95. The van der Waals surface area contributed by atoms with Crippen molar-refractivity contribution < 1.29 is 9.90 Å². The van der Waals surface area contributed by atoms with Gasteiger partial charge in [0.25, 0.3) is 0 Å². The molecule has 5 rings (SSSR count). The van der Waals surface area contributed by atoms with Crippen molar-refractivity contribution >= 4 is 6.03 Å². The molecule has 2 aromatic heterocycles. The van der Waals surface area contributed by atoms with Gasteiger partial charge in [-0.3, -0.25) is 0 Å². The van der Waals surface area contributed by atoms with Crippen molar-refractivity contribution in [2.45, 2.75) is 64.8 Å². The monoisotopic (exact) mass is 537 g/mol. The number of fused-ring (bicyclic) bond motifs is 1. The van der Waals surface area contributed by atoms with Crippen LogP contribution in [0.5, 0.6) is 0 Å². The fraction of sp³-hybridized carbons (Fsp3) is 0.333. The number of carbonyl (C=O) groups is 1. The highest BCUT2D eigenvalue weighted by atomic mass is 16.3. The van der Waals surface area contributed by atoms with Crippen LogP contribution >= 0.6 is 0 Å². The topological polar surface area (TPSA) is 91.2 Å². The quantitative estimate of drug-likeness (QED) is 0.236. The Morgan fingerprint density at radius 2 is 1.68 bits per heavy atom. The van der Waals surface area contributed by atoms with Gasteiger partial charge in [-0.05, 0) is 80.5 Å². The molecule has 2 aromatic carbocycles. The van der Waals surface area contributed by atoms with Crippen LogP contribution in [0.15, 0.2) is 79.0 Å². The van der Waals surface area contributed by atoms with Gasteiger partial charge >= 0.3 is 6.03 Å². The summed E-state index contributed by atoms with van der Waals surface area (Å²) >= 11 is 0. The Labute approximate surface area is 236 Å². The summed E-state index contributed by atoms with van der Waals surface area (Å²) in [5.74, 6) is 0.855. The Balaban J connectivity index is 1.06. The van der Waals surface area contributed by atoms with Crippen LogP contribution in [0.1, 0.15) is 52.2 Å². The molecule has 1 aliphatic rings. The number of carbonyl (C=O) groups excluding carboxylic acids is 1. The molecular weight excluding hydrogens is 498 g/mol. The summed E-state index contributed by atoms with van der Waals surface area (Å²) in [6.45, 7) is 7.15. The van der Waals surface area contributed by atoms with Crippen LogP contribution in [0.25, 0.3) is 5.82 Å². The van der Waals surface area contributed by atoms with Gasteiger partial charge in [0, 0.05) is 48.3 Å². The first-order chi connectivity index (χ1) is 19.4.